The van der Waals surface area contributed by atoms with Gasteiger partial charge in [0, 0.05) is 0 Å². The van der Waals surface area contributed by atoms with E-state index in [0.29, 0.717) is 0 Å². The molecule has 0 aromatic heterocycles. The molecule has 1 unspecified atom stereocenters. The summed E-state index contributed by atoms with van der Waals surface area (Å²) in [5, 5.41) is -1.65. The quantitative estimate of drug-likeness (QED) is 0.376. The molecule has 9 nitrogen and oxygen atoms in total. The second-order valence-electron chi connectivity index (χ2n) is 1.50. The van der Waals surface area contributed by atoms with Crippen LogP contribution in [0.15, 0.2) is 0 Å². The molecule has 0 saturated carbocycles. The Kier molecular flexibility index (Phi) is 6.60. The minimum atomic E-state index is -4.62. The van der Waals surface area contributed by atoms with Crippen molar-refractivity contribution in [3.8, 4) is 0 Å². The lowest BCUT2D eigenvalue weighted by Crippen LogP contribution is -2.13. The van der Waals surface area contributed by atoms with Gasteiger partial charge in [-0.15, -0.1) is 0 Å². The molecule has 0 heterocycles. The molecule has 12 heteroatoms. The first-order chi connectivity index (χ1) is 5.44. The van der Waals surface area contributed by atoms with Crippen LogP contribution in [0.5, 0.6) is 0 Å². The van der Waals surface area contributed by atoms with Gasteiger partial charge in [-0.1, -0.05) is 0 Å². The first-order valence-electron chi connectivity index (χ1n) is 2.13. The highest BCUT2D eigenvalue weighted by Gasteiger charge is 2.15. The zero-order valence-electron chi connectivity index (χ0n) is 5.72. The third-order valence-corrected chi connectivity index (χ3v) is 2.68. The van der Waals surface area contributed by atoms with E-state index in [9.17, 15) is 16.8 Å². The first-order valence-corrected chi connectivity index (χ1v) is 6.38. The molecule has 0 aliphatic heterocycles. The van der Waals surface area contributed by atoms with Crippen LogP contribution in [-0.2, 0) is 31.6 Å². The average Bonchev–Trinajstić information content (AvgIpc) is 1.47. The zero-order chi connectivity index (χ0) is 11.3. The van der Waals surface area contributed by atoms with Crippen LogP contribution in [0.1, 0.15) is 0 Å². The average molecular weight is 257 g/mol. The van der Waals surface area contributed by atoms with Crippen molar-refractivity contribution in [2.45, 2.75) is 0 Å². The predicted molar refractivity (Wildman–Crippen MR) is 39.5 cm³/mol. The van der Waals surface area contributed by atoms with Crippen LogP contribution in [-0.4, -0.2) is 44.3 Å². The van der Waals surface area contributed by atoms with Gasteiger partial charge >= 0.3 is 0 Å². The molecule has 0 rings (SSSR count). The molecule has 0 aromatic rings. The van der Waals surface area contributed by atoms with Gasteiger partial charge in [0.2, 0.25) is 5.08 Å². The molecule has 0 fully saturated rings. The van der Waals surface area contributed by atoms with Gasteiger partial charge in [-0.3, -0.25) is 9.11 Å². The fourth-order valence-electron chi connectivity index (χ4n) is 0.188. The second-order valence-corrected chi connectivity index (χ2v) is 5.20. The monoisotopic (exact) mass is 257 g/mol. The van der Waals surface area contributed by atoms with Crippen molar-refractivity contribution in [3.63, 3.8) is 0 Å². The fraction of sp³-hybridized carbons (Fsp3) is 1.00. The maximum absolute atomic E-state index is 9.66. The highest BCUT2D eigenvalue weighted by molar-refractivity contribution is 8.02. The van der Waals surface area contributed by atoms with E-state index in [2.05, 4.69) is 0 Å². The molecular formula is CH5O9S3-. The molecular weight excluding hydrogens is 252 g/mol. The Morgan fingerprint density at radius 3 is 1.23 bits per heavy atom. The Morgan fingerprint density at radius 2 is 1.23 bits per heavy atom. The third kappa shape index (κ3) is 33.5. The lowest BCUT2D eigenvalue weighted by Gasteiger charge is -1.89. The molecule has 0 spiro atoms. The molecule has 13 heavy (non-hydrogen) atoms. The van der Waals surface area contributed by atoms with Gasteiger partial charge < -0.3 is 9.11 Å². The van der Waals surface area contributed by atoms with Crippen LogP contribution >= 0.6 is 0 Å². The molecule has 1 atom stereocenters. The van der Waals surface area contributed by atoms with Crippen LogP contribution in [0.4, 0.5) is 0 Å². The SMILES string of the molecule is O=S(=O)(O)CS(=O)(=O)O.O=S([O-])O. The van der Waals surface area contributed by atoms with Crippen LogP contribution in [0.25, 0.3) is 0 Å². The summed E-state index contributed by atoms with van der Waals surface area (Å²) in [5.74, 6) is 0. The minimum Gasteiger partial charge on any atom is -0.750 e. The largest absolute Gasteiger partial charge is 0.750 e. The van der Waals surface area contributed by atoms with E-state index >= 15 is 0 Å². The Bertz CT molecular complexity index is 310. The van der Waals surface area contributed by atoms with E-state index in [1.54, 1.807) is 0 Å². The van der Waals surface area contributed by atoms with E-state index in [0.717, 1.165) is 0 Å². The molecule has 0 aliphatic rings. The van der Waals surface area contributed by atoms with Crippen molar-refractivity contribution in [3.05, 3.63) is 0 Å². The predicted octanol–water partition coefficient (Wildman–Crippen LogP) is -1.94. The Labute approximate surface area is 76.4 Å². The highest BCUT2D eigenvalue weighted by atomic mass is 32.3. The van der Waals surface area contributed by atoms with Crippen molar-refractivity contribution in [2.75, 3.05) is 5.08 Å². The Morgan fingerprint density at radius 1 is 1.08 bits per heavy atom. The number of rotatable bonds is 2. The van der Waals surface area contributed by atoms with Gasteiger partial charge in [-0.25, -0.2) is 4.21 Å². The lowest BCUT2D eigenvalue weighted by molar-refractivity contribution is 0.435. The summed E-state index contributed by atoms with van der Waals surface area (Å²) < 4.78 is 78.3. The molecule has 82 valence electrons. The molecule has 0 radical (unpaired) electrons. The second kappa shape index (κ2) is 5.58. The topological polar surface area (TPSA) is 169 Å². The van der Waals surface area contributed by atoms with Crippen molar-refractivity contribution < 1.29 is 39.3 Å². The molecule has 0 bridgehead atoms. The summed E-state index contributed by atoms with van der Waals surface area (Å²) in [7, 11) is -9.24. The van der Waals surface area contributed by atoms with E-state index in [4.69, 9.17) is 22.4 Å². The first kappa shape index (κ1) is 15.4. The summed E-state index contributed by atoms with van der Waals surface area (Å²) in [6.45, 7) is 0. The maximum atomic E-state index is 9.66. The molecule has 3 N–H and O–H groups in total. The Hall–Kier alpha value is -0.110. The summed E-state index contributed by atoms with van der Waals surface area (Å²) in [4.78, 5) is 0. The summed E-state index contributed by atoms with van der Waals surface area (Å²) >= 11 is -2.86. The van der Waals surface area contributed by atoms with E-state index in [1.165, 1.54) is 0 Å². The van der Waals surface area contributed by atoms with Gasteiger partial charge in [0.05, 0.1) is 11.4 Å². The zero-order valence-corrected chi connectivity index (χ0v) is 8.17. The maximum Gasteiger partial charge on any atom is 0.281 e. The Balaban J connectivity index is 0. The fourth-order valence-corrected chi connectivity index (χ4v) is 1.69. The van der Waals surface area contributed by atoms with Crippen molar-refractivity contribution in [1.29, 1.82) is 0 Å². The van der Waals surface area contributed by atoms with Gasteiger partial charge in [0.1, 0.15) is 0 Å². The van der Waals surface area contributed by atoms with Gasteiger partial charge in [-0.05, 0) is 0 Å². The van der Waals surface area contributed by atoms with Crippen LogP contribution in [0, 0.1) is 0 Å². The van der Waals surface area contributed by atoms with Gasteiger partial charge in [0.15, 0.2) is 0 Å². The molecule has 0 amide bonds. The summed E-state index contributed by atoms with van der Waals surface area (Å²) in [6, 6.07) is 0. The van der Waals surface area contributed by atoms with Crippen LogP contribution < -0.4 is 0 Å². The highest BCUT2D eigenvalue weighted by Crippen LogP contribution is 1.88. The van der Waals surface area contributed by atoms with Crippen LogP contribution in [0.3, 0.4) is 0 Å². The lowest BCUT2D eigenvalue weighted by atomic mass is 11.9. The standard InChI is InChI=1S/CH4O6S2.H2O3S/c2-8(3,4)1-9(5,6)7;1-4(2)3/h1H2,(H,2,3,4)(H,5,6,7);(H2,1,2,3)/p-1. The van der Waals surface area contributed by atoms with Gasteiger partial charge in [-0.2, -0.15) is 16.8 Å². The van der Waals surface area contributed by atoms with Crippen molar-refractivity contribution in [2.24, 2.45) is 0 Å². The minimum absolute atomic E-state index is 1.65. The van der Waals surface area contributed by atoms with Crippen LogP contribution in [0.2, 0.25) is 0 Å². The normalized spacial score (nSPS) is 14.2. The number of hydrogen-bond acceptors (Lipinski definition) is 6. The summed E-state index contributed by atoms with van der Waals surface area (Å²) in [6.07, 6.45) is 0. The summed E-state index contributed by atoms with van der Waals surface area (Å²) in [5.41, 5.74) is 0. The van der Waals surface area contributed by atoms with E-state index in [1.807, 2.05) is 0 Å². The molecule has 0 saturated heterocycles. The number of hydrogen-bond donors (Lipinski definition) is 3. The smallest absolute Gasteiger partial charge is 0.281 e. The van der Waals surface area contributed by atoms with E-state index < -0.39 is 36.7 Å². The molecule has 0 aliphatic carbocycles. The van der Waals surface area contributed by atoms with Gasteiger partial charge in [0.25, 0.3) is 20.2 Å². The van der Waals surface area contributed by atoms with Crippen molar-refractivity contribution >= 4 is 31.6 Å². The van der Waals surface area contributed by atoms with E-state index in [-0.39, 0.29) is 0 Å². The van der Waals surface area contributed by atoms with Crippen molar-refractivity contribution in [1.82, 2.24) is 0 Å². The third-order valence-electron chi connectivity index (χ3n) is 0.298. The molecule has 0 aromatic carbocycles.